The predicted octanol–water partition coefficient (Wildman–Crippen LogP) is 4.39. The lowest BCUT2D eigenvalue weighted by Crippen LogP contribution is -2.14. The van der Waals surface area contributed by atoms with Gasteiger partial charge in [0, 0.05) is 35.3 Å². The molecule has 0 bridgehead atoms. The van der Waals surface area contributed by atoms with E-state index in [1.54, 1.807) is 11.3 Å². The van der Waals surface area contributed by atoms with E-state index in [0.29, 0.717) is 0 Å². The first kappa shape index (κ1) is 13.5. The van der Waals surface area contributed by atoms with Crippen molar-refractivity contribution >= 4 is 32.7 Å². The van der Waals surface area contributed by atoms with Crippen molar-refractivity contribution in [2.45, 2.75) is 32.6 Å². The molecule has 0 radical (unpaired) electrons. The van der Waals surface area contributed by atoms with Gasteiger partial charge >= 0.3 is 0 Å². The summed E-state index contributed by atoms with van der Waals surface area (Å²) in [5, 5.41) is 1.21. The summed E-state index contributed by atoms with van der Waals surface area (Å²) in [7, 11) is 0. The van der Waals surface area contributed by atoms with Crippen molar-refractivity contribution < 1.29 is 0 Å². The Labute approximate surface area is 132 Å². The number of nitrogens with zero attached hydrogens (tertiary/aromatic N) is 2. The average Bonchev–Trinajstić information content (AvgIpc) is 3.14. The largest absolute Gasteiger partial charge is 0.345 e. The second kappa shape index (κ2) is 4.68. The Morgan fingerprint density at radius 2 is 2.05 bits per heavy atom. The number of aromatic amines is 2. The molecule has 4 rings (SSSR count). The van der Waals surface area contributed by atoms with Gasteiger partial charge in [-0.3, -0.25) is 0 Å². The molecule has 0 saturated heterocycles. The standard InChI is InChI=1S/C17H18N4S/c1-17(2,3)14-12(11-5-4-6-18-15(11)21-14)7-10-8-19-16-13(10)22-9-20-16/h4-6,8-9,19H,7H2,1-3H3,(H,18,21). The molecule has 0 amide bonds. The normalized spacial score (nSPS) is 12.5. The van der Waals surface area contributed by atoms with Gasteiger partial charge in [-0.05, 0) is 23.3 Å². The molecule has 0 aromatic carbocycles. The van der Waals surface area contributed by atoms with Crippen LogP contribution in [0, 0.1) is 0 Å². The highest BCUT2D eigenvalue weighted by molar-refractivity contribution is 7.16. The van der Waals surface area contributed by atoms with Crippen LogP contribution in [0.2, 0.25) is 0 Å². The van der Waals surface area contributed by atoms with Crippen LogP contribution < -0.4 is 0 Å². The van der Waals surface area contributed by atoms with Gasteiger partial charge in [0.05, 0.1) is 10.2 Å². The van der Waals surface area contributed by atoms with Gasteiger partial charge in [0.1, 0.15) is 11.3 Å². The Morgan fingerprint density at radius 3 is 2.86 bits per heavy atom. The zero-order valence-electron chi connectivity index (χ0n) is 12.9. The molecule has 0 aliphatic heterocycles. The van der Waals surface area contributed by atoms with E-state index in [4.69, 9.17) is 0 Å². The summed E-state index contributed by atoms with van der Waals surface area (Å²) < 4.78 is 1.25. The quantitative estimate of drug-likeness (QED) is 0.577. The zero-order valence-corrected chi connectivity index (χ0v) is 13.7. The number of nitrogens with one attached hydrogen (secondary N) is 2. The van der Waals surface area contributed by atoms with Crippen LogP contribution in [0.1, 0.15) is 37.6 Å². The highest BCUT2D eigenvalue weighted by Crippen LogP contribution is 2.34. The molecule has 0 spiro atoms. The van der Waals surface area contributed by atoms with E-state index in [2.05, 4.69) is 53.0 Å². The number of hydrogen-bond acceptors (Lipinski definition) is 3. The van der Waals surface area contributed by atoms with E-state index >= 15 is 0 Å². The van der Waals surface area contributed by atoms with E-state index in [9.17, 15) is 0 Å². The predicted molar refractivity (Wildman–Crippen MR) is 91.6 cm³/mol. The third-order valence-corrected chi connectivity index (χ3v) is 4.94. The van der Waals surface area contributed by atoms with Crippen LogP contribution in [0.15, 0.2) is 30.0 Å². The molecule has 0 atom stereocenters. The molecule has 0 saturated carbocycles. The first-order chi connectivity index (χ1) is 10.5. The van der Waals surface area contributed by atoms with Crippen LogP contribution >= 0.6 is 11.3 Å². The molecule has 2 N–H and O–H groups in total. The topological polar surface area (TPSA) is 57.4 Å². The molecular formula is C17H18N4S. The van der Waals surface area contributed by atoms with Gasteiger partial charge in [-0.15, -0.1) is 11.3 Å². The minimum atomic E-state index is 0.0547. The molecule has 4 aromatic rings. The van der Waals surface area contributed by atoms with Crippen molar-refractivity contribution in [2.24, 2.45) is 0 Å². The zero-order chi connectivity index (χ0) is 15.3. The van der Waals surface area contributed by atoms with E-state index < -0.39 is 0 Å². The first-order valence-corrected chi connectivity index (χ1v) is 8.27. The number of hydrogen-bond donors (Lipinski definition) is 2. The number of fused-ring (bicyclic) bond motifs is 2. The maximum atomic E-state index is 4.48. The maximum Gasteiger partial charge on any atom is 0.148 e. The Bertz CT molecular complexity index is 952. The van der Waals surface area contributed by atoms with E-state index in [-0.39, 0.29) is 5.41 Å². The second-order valence-corrected chi connectivity index (χ2v) is 7.50. The average molecular weight is 310 g/mol. The minimum absolute atomic E-state index is 0.0547. The van der Waals surface area contributed by atoms with Crippen molar-refractivity contribution in [3.05, 3.63) is 46.9 Å². The van der Waals surface area contributed by atoms with Gasteiger partial charge in [-0.25, -0.2) is 9.97 Å². The molecule has 5 heteroatoms. The Kier molecular flexibility index (Phi) is 2.87. The summed E-state index contributed by atoms with van der Waals surface area (Å²) in [6.07, 6.45) is 4.81. The maximum absolute atomic E-state index is 4.48. The van der Waals surface area contributed by atoms with Crippen LogP contribution in [0.3, 0.4) is 0 Å². The molecule has 4 nitrogen and oxygen atoms in total. The number of aromatic nitrogens is 4. The Morgan fingerprint density at radius 1 is 1.18 bits per heavy atom. The summed E-state index contributed by atoms with van der Waals surface area (Å²) in [5.74, 6) is 0. The fourth-order valence-electron chi connectivity index (χ4n) is 3.02. The fraction of sp³-hybridized carbons (Fsp3) is 0.294. The number of H-pyrrole nitrogens is 2. The van der Waals surface area contributed by atoms with Gasteiger partial charge in [0.2, 0.25) is 0 Å². The molecule has 0 aliphatic carbocycles. The van der Waals surface area contributed by atoms with Crippen LogP contribution in [-0.2, 0) is 11.8 Å². The number of pyridine rings is 1. The molecule has 0 fully saturated rings. The van der Waals surface area contributed by atoms with Crippen LogP contribution in [-0.4, -0.2) is 19.9 Å². The molecule has 22 heavy (non-hydrogen) atoms. The Hall–Kier alpha value is -2.14. The third-order valence-electron chi connectivity index (χ3n) is 4.04. The Balaban J connectivity index is 1.91. The van der Waals surface area contributed by atoms with E-state index in [0.717, 1.165) is 17.7 Å². The van der Waals surface area contributed by atoms with Gasteiger partial charge in [-0.1, -0.05) is 20.8 Å². The van der Waals surface area contributed by atoms with Gasteiger partial charge in [0.15, 0.2) is 0 Å². The molecule has 112 valence electrons. The van der Waals surface area contributed by atoms with Crippen molar-refractivity contribution in [1.29, 1.82) is 0 Å². The van der Waals surface area contributed by atoms with Crippen molar-refractivity contribution in [1.82, 2.24) is 19.9 Å². The lowest BCUT2D eigenvalue weighted by atomic mass is 9.87. The molecule has 4 aromatic heterocycles. The second-order valence-electron chi connectivity index (χ2n) is 6.65. The minimum Gasteiger partial charge on any atom is -0.345 e. The van der Waals surface area contributed by atoms with Crippen LogP contribution in [0.25, 0.3) is 21.4 Å². The van der Waals surface area contributed by atoms with E-state index in [1.165, 1.54) is 26.9 Å². The molecule has 4 heterocycles. The fourth-order valence-corrected chi connectivity index (χ4v) is 3.79. The first-order valence-electron chi connectivity index (χ1n) is 7.39. The molecular weight excluding hydrogens is 292 g/mol. The lowest BCUT2D eigenvalue weighted by molar-refractivity contribution is 0.568. The summed E-state index contributed by atoms with van der Waals surface area (Å²) in [6, 6.07) is 4.16. The SMILES string of the molecule is CC(C)(C)c1[nH]c2ncccc2c1Cc1c[nH]c2ncsc12. The van der Waals surface area contributed by atoms with Crippen molar-refractivity contribution in [3.8, 4) is 0 Å². The van der Waals surface area contributed by atoms with Crippen LogP contribution in [0.4, 0.5) is 0 Å². The third kappa shape index (κ3) is 2.04. The monoisotopic (exact) mass is 310 g/mol. The summed E-state index contributed by atoms with van der Waals surface area (Å²) in [5.41, 5.74) is 7.80. The summed E-state index contributed by atoms with van der Waals surface area (Å²) in [4.78, 5) is 15.6. The van der Waals surface area contributed by atoms with Gasteiger partial charge in [0.25, 0.3) is 0 Å². The highest BCUT2D eigenvalue weighted by atomic mass is 32.1. The smallest absolute Gasteiger partial charge is 0.148 e. The molecule has 0 unspecified atom stereocenters. The lowest BCUT2D eigenvalue weighted by Gasteiger charge is -2.19. The van der Waals surface area contributed by atoms with Crippen molar-refractivity contribution in [3.63, 3.8) is 0 Å². The number of rotatable bonds is 2. The van der Waals surface area contributed by atoms with E-state index in [1.807, 2.05) is 17.8 Å². The number of thiazole rings is 1. The molecule has 0 aliphatic rings. The summed E-state index contributed by atoms with van der Waals surface area (Å²) >= 11 is 1.69. The van der Waals surface area contributed by atoms with Crippen molar-refractivity contribution in [2.75, 3.05) is 0 Å². The van der Waals surface area contributed by atoms with Gasteiger partial charge in [-0.2, -0.15) is 0 Å². The van der Waals surface area contributed by atoms with Gasteiger partial charge < -0.3 is 9.97 Å². The highest BCUT2D eigenvalue weighted by Gasteiger charge is 2.23. The summed E-state index contributed by atoms with van der Waals surface area (Å²) in [6.45, 7) is 6.71. The van der Waals surface area contributed by atoms with Crippen LogP contribution in [0.5, 0.6) is 0 Å².